The highest BCUT2D eigenvalue weighted by molar-refractivity contribution is 6.39. The van der Waals surface area contributed by atoms with Crippen LogP contribution in [0.25, 0.3) is 16.8 Å². The molecule has 31 heavy (non-hydrogen) atoms. The maximum atomic E-state index is 6.52. The minimum absolute atomic E-state index is 0.251. The maximum Gasteiger partial charge on any atom is 0.147 e. The molecule has 1 aliphatic heterocycles. The minimum Gasteiger partial charge on any atom is -0.369 e. The second-order valence-corrected chi connectivity index (χ2v) is 9.75. The van der Waals surface area contributed by atoms with Gasteiger partial charge < -0.3 is 9.42 Å². The van der Waals surface area contributed by atoms with Gasteiger partial charge in [-0.1, -0.05) is 40.5 Å². The van der Waals surface area contributed by atoms with Crippen LogP contribution < -0.4 is 4.90 Å². The van der Waals surface area contributed by atoms with Gasteiger partial charge in [0, 0.05) is 30.1 Å². The zero-order valence-electron chi connectivity index (χ0n) is 17.0. The largest absolute Gasteiger partial charge is 0.369 e. The van der Waals surface area contributed by atoms with Gasteiger partial charge in [-0.3, -0.25) is 0 Å². The van der Waals surface area contributed by atoms with Gasteiger partial charge in [0.05, 0.1) is 28.1 Å². The maximum absolute atomic E-state index is 6.52. The standard InChI is InChI=1S/C24H22Cl2N4O/c25-18-2-1-3-19(26)21(18)22-20(23(31-29-22)15-4-5-15)16-10-24(11-16)6-8-30(9-7-24)17-12-27-14-28-13-17/h1-3,10,12-15H,4-9,11H2. The van der Waals surface area contributed by atoms with Gasteiger partial charge in [-0.2, -0.15) is 0 Å². The molecule has 1 spiro atoms. The summed E-state index contributed by atoms with van der Waals surface area (Å²) in [6, 6.07) is 5.58. The molecular formula is C24H22Cl2N4O. The van der Waals surface area contributed by atoms with E-state index in [1.54, 1.807) is 6.33 Å². The van der Waals surface area contributed by atoms with Crippen molar-refractivity contribution in [3.05, 3.63) is 64.4 Å². The van der Waals surface area contributed by atoms with Crippen LogP contribution in [0.2, 0.25) is 10.0 Å². The smallest absolute Gasteiger partial charge is 0.147 e. The Morgan fingerprint density at radius 3 is 2.32 bits per heavy atom. The third-order valence-electron chi connectivity index (χ3n) is 6.88. The van der Waals surface area contributed by atoms with Crippen molar-refractivity contribution in [3.63, 3.8) is 0 Å². The number of hydrogen-bond acceptors (Lipinski definition) is 5. The molecule has 5 nitrogen and oxygen atoms in total. The first kappa shape index (κ1) is 19.3. The van der Waals surface area contributed by atoms with E-state index in [1.165, 1.54) is 5.57 Å². The number of rotatable bonds is 4. The molecular weight excluding hydrogens is 431 g/mol. The van der Waals surface area contributed by atoms with Crippen molar-refractivity contribution in [2.24, 2.45) is 5.41 Å². The summed E-state index contributed by atoms with van der Waals surface area (Å²) < 4.78 is 5.86. The molecule has 0 N–H and O–H groups in total. The van der Waals surface area contributed by atoms with Crippen LogP contribution >= 0.6 is 23.2 Å². The Morgan fingerprint density at radius 2 is 1.68 bits per heavy atom. The number of hydrogen-bond donors (Lipinski definition) is 0. The van der Waals surface area contributed by atoms with Crippen LogP contribution in [0.1, 0.15) is 49.3 Å². The Morgan fingerprint density at radius 1 is 1.00 bits per heavy atom. The molecule has 1 saturated heterocycles. The summed E-state index contributed by atoms with van der Waals surface area (Å²) in [7, 11) is 0. The summed E-state index contributed by atoms with van der Waals surface area (Å²) in [6.45, 7) is 2.03. The normalized spacial score (nSPS) is 19.9. The molecule has 6 rings (SSSR count). The Balaban J connectivity index is 1.30. The zero-order valence-corrected chi connectivity index (χ0v) is 18.5. The fourth-order valence-electron chi connectivity index (χ4n) is 5.00. The fourth-order valence-corrected chi connectivity index (χ4v) is 5.57. The van der Waals surface area contributed by atoms with Gasteiger partial charge in [-0.25, -0.2) is 9.97 Å². The molecule has 7 heteroatoms. The Bertz CT molecular complexity index is 1140. The third-order valence-corrected chi connectivity index (χ3v) is 7.51. The topological polar surface area (TPSA) is 55.1 Å². The van der Waals surface area contributed by atoms with Crippen molar-refractivity contribution in [1.82, 2.24) is 15.1 Å². The molecule has 0 amide bonds. The summed E-state index contributed by atoms with van der Waals surface area (Å²) in [5.74, 6) is 1.47. The number of benzene rings is 1. The summed E-state index contributed by atoms with van der Waals surface area (Å²) in [5, 5.41) is 5.67. The van der Waals surface area contributed by atoms with Gasteiger partial charge in [-0.05, 0) is 55.2 Å². The molecule has 0 atom stereocenters. The highest BCUT2D eigenvalue weighted by Crippen LogP contribution is 2.56. The van der Waals surface area contributed by atoms with E-state index in [4.69, 9.17) is 27.7 Å². The molecule has 3 heterocycles. The zero-order chi connectivity index (χ0) is 21.0. The number of allylic oxidation sites excluding steroid dienone is 2. The monoisotopic (exact) mass is 452 g/mol. The average molecular weight is 453 g/mol. The van der Waals surface area contributed by atoms with E-state index in [1.807, 2.05) is 30.6 Å². The van der Waals surface area contributed by atoms with Gasteiger partial charge in [0.2, 0.25) is 0 Å². The third kappa shape index (κ3) is 3.35. The highest BCUT2D eigenvalue weighted by atomic mass is 35.5. The first-order valence-corrected chi connectivity index (χ1v) is 11.6. The molecule has 158 valence electrons. The van der Waals surface area contributed by atoms with E-state index in [2.05, 4.69) is 26.1 Å². The molecule has 0 unspecified atom stereocenters. The van der Waals surface area contributed by atoms with E-state index in [9.17, 15) is 0 Å². The van der Waals surface area contributed by atoms with Crippen molar-refractivity contribution in [2.75, 3.05) is 18.0 Å². The molecule has 2 aliphatic carbocycles. The molecule has 2 fully saturated rings. The van der Waals surface area contributed by atoms with E-state index in [0.717, 1.165) is 73.5 Å². The second kappa shape index (κ2) is 7.35. The van der Waals surface area contributed by atoms with Crippen LogP contribution in [0.5, 0.6) is 0 Å². The number of halogens is 2. The molecule has 3 aromatic rings. The highest BCUT2D eigenvalue weighted by Gasteiger charge is 2.44. The summed E-state index contributed by atoms with van der Waals surface area (Å²) >= 11 is 13.0. The lowest BCUT2D eigenvalue weighted by atomic mass is 9.63. The predicted molar refractivity (Wildman–Crippen MR) is 122 cm³/mol. The van der Waals surface area contributed by atoms with Gasteiger partial charge in [0.15, 0.2) is 0 Å². The first-order valence-electron chi connectivity index (χ1n) is 10.8. The van der Waals surface area contributed by atoms with Gasteiger partial charge in [0.1, 0.15) is 17.8 Å². The number of piperidine rings is 1. The second-order valence-electron chi connectivity index (χ2n) is 8.93. The summed E-state index contributed by atoms with van der Waals surface area (Å²) in [4.78, 5) is 10.7. The van der Waals surface area contributed by atoms with Crippen LogP contribution in [0.3, 0.4) is 0 Å². The van der Waals surface area contributed by atoms with Crippen molar-refractivity contribution < 1.29 is 4.52 Å². The van der Waals surface area contributed by atoms with Crippen LogP contribution in [-0.2, 0) is 0 Å². The average Bonchev–Trinajstić information content (AvgIpc) is 3.53. The predicted octanol–water partition coefficient (Wildman–Crippen LogP) is 6.39. The van der Waals surface area contributed by atoms with Crippen molar-refractivity contribution >= 4 is 34.5 Å². The molecule has 1 aromatic carbocycles. The van der Waals surface area contributed by atoms with Gasteiger partial charge in [0.25, 0.3) is 0 Å². The van der Waals surface area contributed by atoms with Crippen LogP contribution in [-0.4, -0.2) is 28.2 Å². The molecule has 0 bridgehead atoms. The van der Waals surface area contributed by atoms with E-state index in [0.29, 0.717) is 16.0 Å². The van der Waals surface area contributed by atoms with Crippen molar-refractivity contribution in [3.8, 4) is 11.3 Å². The lowest BCUT2D eigenvalue weighted by Crippen LogP contribution is -2.42. The van der Waals surface area contributed by atoms with E-state index < -0.39 is 0 Å². The molecule has 2 aromatic heterocycles. The van der Waals surface area contributed by atoms with E-state index in [-0.39, 0.29) is 5.41 Å². The van der Waals surface area contributed by atoms with Crippen LogP contribution in [0, 0.1) is 5.41 Å². The Labute approximate surface area is 191 Å². The molecule has 0 radical (unpaired) electrons. The molecule has 3 aliphatic rings. The SMILES string of the molecule is Clc1cccc(Cl)c1-c1noc(C2CC2)c1C1=CC2(CCN(c3cncnc3)CC2)C1. The number of anilines is 1. The minimum atomic E-state index is 0.251. The lowest BCUT2D eigenvalue weighted by molar-refractivity contribution is 0.277. The van der Waals surface area contributed by atoms with E-state index >= 15 is 0 Å². The fraction of sp³-hybridized carbons (Fsp3) is 0.375. The lowest BCUT2D eigenvalue weighted by Gasteiger charge is -2.46. The van der Waals surface area contributed by atoms with Gasteiger partial charge in [-0.15, -0.1) is 0 Å². The Hall–Kier alpha value is -2.37. The number of nitrogens with zero attached hydrogens (tertiary/aromatic N) is 4. The molecule has 1 saturated carbocycles. The number of aromatic nitrogens is 3. The van der Waals surface area contributed by atoms with Crippen molar-refractivity contribution in [2.45, 2.75) is 38.0 Å². The van der Waals surface area contributed by atoms with Crippen LogP contribution in [0.4, 0.5) is 5.69 Å². The van der Waals surface area contributed by atoms with Crippen LogP contribution in [0.15, 0.2) is 47.5 Å². The first-order chi connectivity index (χ1) is 15.1. The quantitative estimate of drug-likeness (QED) is 0.458. The Kier molecular flexibility index (Phi) is 4.58. The summed E-state index contributed by atoms with van der Waals surface area (Å²) in [5.41, 5.74) is 5.37. The van der Waals surface area contributed by atoms with Gasteiger partial charge >= 0.3 is 0 Å². The summed E-state index contributed by atoms with van der Waals surface area (Å²) in [6.07, 6.45) is 13.4. The van der Waals surface area contributed by atoms with Crippen molar-refractivity contribution in [1.29, 1.82) is 0 Å².